The number of para-hydroxylation sites is 1. The quantitative estimate of drug-likeness (QED) is 0.131. The lowest BCUT2D eigenvalue weighted by atomic mass is 9.95. The SMILES string of the molecule is O=C1C(=O)N(c2nc3ccc(Cl)cc3s2)C(c2cccc(Oc3ccccc3)c2)/C1=C(\O)c1ccc(Cl)cc1. The molecule has 2 heterocycles. The van der Waals surface area contributed by atoms with Crippen molar-refractivity contribution in [2.45, 2.75) is 6.04 Å². The number of aromatic nitrogens is 1. The fraction of sp³-hybridized carbons (Fsp3) is 0.0333. The van der Waals surface area contributed by atoms with Gasteiger partial charge in [-0.15, -0.1) is 0 Å². The van der Waals surface area contributed by atoms with Gasteiger partial charge >= 0.3 is 5.91 Å². The van der Waals surface area contributed by atoms with Gasteiger partial charge in [-0.25, -0.2) is 4.98 Å². The maximum absolute atomic E-state index is 13.5. The van der Waals surface area contributed by atoms with Gasteiger partial charge in [0.25, 0.3) is 5.78 Å². The number of ketones is 1. The Morgan fingerprint density at radius 2 is 1.56 bits per heavy atom. The van der Waals surface area contributed by atoms with E-state index in [-0.39, 0.29) is 11.3 Å². The van der Waals surface area contributed by atoms with Crippen LogP contribution in [0.25, 0.3) is 16.0 Å². The monoisotopic (exact) mass is 572 g/mol. The van der Waals surface area contributed by atoms with E-state index < -0.39 is 17.7 Å². The molecule has 0 aliphatic carbocycles. The largest absolute Gasteiger partial charge is 0.507 e. The minimum atomic E-state index is -0.962. The molecule has 39 heavy (non-hydrogen) atoms. The van der Waals surface area contributed by atoms with Crippen LogP contribution in [0.4, 0.5) is 5.13 Å². The van der Waals surface area contributed by atoms with E-state index in [0.717, 1.165) is 4.70 Å². The summed E-state index contributed by atoms with van der Waals surface area (Å²) in [6.07, 6.45) is 0. The van der Waals surface area contributed by atoms with Crippen molar-refractivity contribution in [1.82, 2.24) is 4.98 Å². The lowest BCUT2D eigenvalue weighted by Gasteiger charge is -2.23. The number of hydrogen-bond acceptors (Lipinski definition) is 6. The van der Waals surface area contributed by atoms with Crippen molar-refractivity contribution in [3.8, 4) is 11.5 Å². The summed E-state index contributed by atoms with van der Waals surface area (Å²) < 4.78 is 6.78. The Bertz CT molecular complexity index is 1770. The highest BCUT2D eigenvalue weighted by Crippen LogP contribution is 2.45. The number of nitrogens with zero attached hydrogens (tertiary/aromatic N) is 2. The molecule has 5 aromatic rings. The zero-order valence-electron chi connectivity index (χ0n) is 20.0. The zero-order valence-corrected chi connectivity index (χ0v) is 22.4. The third-order valence-corrected chi connectivity index (χ3v) is 7.76. The van der Waals surface area contributed by atoms with Crippen LogP contribution in [0.1, 0.15) is 17.2 Å². The van der Waals surface area contributed by atoms with Gasteiger partial charge in [-0.3, -0.25) is 14.5 Å². The fourth-order valence-corrected chi connectivity index (χ4v) is 5.86. The van der Waals surface area contributed by atoms with Crippen molar-refractivity contribution in [1.29, 1.82) is 0 Å². The number of carbonyl (C=O) groups excluding carboxylic acids is 2. The minimum Gasteiger partial charge on any atom is -0.507 e. The average Bonchev–Trinajstić information content (AvgIpc) is 3.47. The van der Waals surface area contributed by atoms with E-state index in [4.69, 9.17) is 27.9 Å². The number of amides is 1. The van der Waals surface area contributed by atoms with Crippen molar-refractivity contribution < 1.29 is 19.4 Å². The third-order valence-electron chi connectivity index (χ3n) is 6.26. The topological polar surface area (TPSA) is 79.7 Å². The second kappa shape index (κ2) is 10.2. The minimum absolute atomic E-state index is 0.0588. The van der Waals surface area contributed by atoms with Gasteiger partial charge in [0, 0.05) is 15.6 Å². The van der Waals surface area contributed by atoms with Crippen LogP contribution < -0.4 is 9.64 Å². The third kappa shape index (κ3) is 4.76. The highest BCUT2D eigenvalue weighted by Gasteiger charge is 2.48. The smallest absolute Gasteiger partial charge is 0.301 e. The van der Waals surface area contributed by atoms with Gasteiger partial charge in [-0.2, -0.15) is 0 Å². The average molecular weight is 573 g/mol. The number of Topliss-reactive ketones (excluding diaryl/α,β-unsaturated/α-hetero) is 1. The van der Waals surface area contributed by atoms with E-state index in [1.54, 1.807) is 66.7 Å². The second-order valence-electron chi connectivity index (χ2n) is 8.77. The standard InChI is InChI=1S/C30H18Cl2N2O4S/c31-19-11-9-17(10-12-19)27(35)25-26(18-5-4-8-22(15-18)38-21-6-2-1-3-7-21)34(29(37)28(25)36)30-33-23-14-13-20(32)16-24(23)39-30/h1-16,26,35H/b27-25+. The lowest BCUT2D eigenvalue weighted by Crippen LogP contribution is -2.29. The first-order chi connectivity index (χ1) is 18.9. The highest BCUT2D eigenvalue weighted by molar-refractivity contribution is 7.22. The van der Waals surface area contributed by atoms with Crippen LogP contribution in [0.15, 0.2) is 103 Å². The van der Waals surface area contributed by atoms with E-state index in [0.29, 0.717) is 43.3 Å². The highest BCUT2D eigenvalue weighted by atomic mass is 35.5. The number of halogens is 2. The zero-order chi connectivity index (χ0) is 27.1. The number of aliphatic hydroxyl groups excluding tert-OH is 1. The summed E-state index contributed by atoms with van der Waals surface area (Å²) in [5.74, 6) is -0.787. The van der Waals surface area contributed by atoms with E-state index in [9.17, 15) is 14.7 Å². The molecule has 1 N–H and O–H groups in total. The normalized spacial score (nSPS) is 16.7. The number of aliphatic hydroxyl groups is 1. The molecule has 0 spiro atoms. The van der Waals surface area contributed by atoms with Gasteiger partial charge in [-0.05, 0) is 72.3 Å². The van der Waals surface area contributed by atoms with Crippen LogP contribution in [0, 0.1) is 0 Å². The molecule has 0 saturated carbocycles. The fourth-order valence-electron chi connectivity index (χ4n) is 4.47. The van der Waals surface area contributed by atoms with Crippen molar-refractivity contribution in [2.75, 3.05) is 4.90 Å². The predicted octanol–water partition coefficient (Wildman–Crippen LogP) is 8.02. The molecule has 1 aliphatic rings. The summed E-state index contributed by atoms with van der Waals surface area (Å²) in [6.45, 7) is 0. The molecule has 1 fully saturated rings. The molecule has 1 aliphatic heterocycles. The summed E-state index contributed by atoms with van der Waals surface area (Å²) in [5.41, 5.74) is 1.50. The molecule has 0 radical (unpaired) electrons. The Hall–Kier alpha value is -4.17. The van der Waals surface area contributed by atoms with E-state index in [1.165, 1.54) is 16.2 Å². The molecule has 6 nitrogen and oxygen atoms in total. The summed E-state index contributed by atoms with van der Waals surface area (Å²) in [6, 6.07) is 27.0. The Balaban J connectivity index is 1.52. The maximum atomic E-state index is 13.5. The van der Waals surface area contributed by atoms with Crippen LogP contribution in [0.3, 0.4) is 0 Å². The Morgan fingerprint density at radius 1 is 0.846 bits per heavy atom. The van der Waals surface area contributed by atoms with Crippen molar-refractivity contribution >= 4 is 67.3 Å². The maximum Gasteiger partial charge on any atom is 0.301 e. The molecule has 1 atom stereocenters. The number of ether oxygens (including phenoxy) is 1. The molecule has 4 aromatic carbocycles. The van der Waals surface area contributed by atoms with Crippen LogP contribution in [-0.4, -0.2) is 21.8 Å². The molecule has 6 rings (SSSR count). The van der Waals surface area contributed by atoms with Crippen LogP contribution >= 0.6 is 34.5 Å². The van der Waals surface area contributed by atoms with E-state index >= 15 is 0 Å². The van der Waals surface area contributed by atoms with Crippen LogP contribution in [0.5, 0.6) is 11.5 Å². The number of thiazole rings is 1. The summed E-state index contributed by atoms with van der Waals surface area (Å²) >= 11 is 13.4. The molecule has 1 amide bonds. The summed E-state index contributed by atoms with van der Waals surface area (Å²) in [7, 11) is 0. The lowest BCUT2D eigenvalue weighted by molar-refractivity contribution is -0.132. The molecule has 1 saturated heterocycles. The Labute approximate surface area is 237 Å². The molecular weight excluding hydrogens is 555 g/mol. The Morgan fingerprint density at radius 3 is 2.33 bits per heavy atom. The molecule has 1 unspecified atom stereocenters. The number of hydrogen-bond donors (Lipinski definition) is 1. The van der Waals surface area contributed by atoms with Gasteiger partial charge in [0.2, 0.25) is 0 Å². The van der Waals surface area contributed by atoms with E-state index in [1.807, 2.05) is 30.3 Å². The number of fused-ring (bicyclic) bond motifs is 1. The number of rotatable bonds is 5. The van der Waals surface area contributed by atoms with Gasteiger partial charge in [0.1, 0.15) is 17.3 Å². The number of carbonyl (C=O) groups is 2. The van der Waals surface area contributed by atoms with Crippen LogP contribution in [-0.2, 0) is 9.59 Å². The number of anilines is 1. The molecule has 192 valence electrons. The van der Waals surface area contributed by atoms with Crippen molar-refractivity contribution in [2.24, 2.45) is 0 Å². The molecular formula is C30H18Cl2N2O4S. The summed E-state index contributed by atoms with van der Waals surface area (Å²) in [4.78, 5) is 33.0. The van der Waals surface area contributed by atoms with Gasteiger partial charge in [0.05, 0.1) is 21.8 Å². The van der Waals surface area contributed by atoms with Gasteiger partial charge in [0.15, 0.2) is 5.13 Å². The first-order valence-electron chi connectivity index (χ1n) is 11.8. The molecule has 0 bridgehead atoms. The van der Waals surface area contributed by atoms with Crippen molar-refractivity contribution in [3.05, 3.63) is 124 Å². The second-order valence-corrected chi connectivity index (χ2v) is 10.7. The van der Waals surface area contributed by atoms with Gasteiger partial charge in [-0.1, -0.05) is 64.9 Å². The predicted molar refractivity (Wildman–Crippen MR) is 154 cm³/mol. The first-order valence-corrected chi connectivity index (χ1v) is 13.4. The Kier molecular flexibility index (Phi) is 6.56. The van der Waals surface area contributed by atoms with Crippen LogP contribution in [0.2, 0.25) is 10.0 Å². The summed E-state index contributed by atoms with van der Waals surface area (Å²) in [5, 5.41) is 12.7. The molecule has 1 aromatic heterocycles. The van der Waals surface area contributed by atoms with Gasteiger partial charge < -0.3 is 9.84 Å². The number of benzene rings is 4. The van der Waals surface area contributed by atoms with E-state index in [2.05, 4.69) is 4.98 Å². The first kappa shape index (κ1) is 25.1. The molecule has 9 heteroatoms. The van der Waals surface area contributed by atoms with Crippen molar-refractivity contribution in [3.63, 3.8) is 0 Å².